The molecule has 0 bridgehead atoms. The first-order chi connectivity index (χ1) is 11.0. The molecule has 0 radical (unpaired) electrons. The molecule has 118 valence electrons. The Morgan fingerprint density at radius 3 is 2.65 bits per heavy atom. The zero-order valence-electron chi connectivity index (χ0n) is 12.8. The van der Waals surface area contributed by atoms with Crippen LogP contribution in [0.2, 0.25) is 0 Å². The fraction of sp³-hybridized carbons (Fsp3) is 0.235. The highest BCUT2D eigenvalue weighted by Gasteiger charge is 2.45. The summed E-state index contributed by atoms with van der Waals surface area (Å²) in [4.78, 5) is 21.2. The van der Waals surface area contributed by atoms with E-state index in [0.29, 0.717) is 10.9 Å². The molecule has 2 atom stereocenters. The molecule has 1 fully saturated rings. The first-order valence-corrected chi connectivity index (χ1v) is 8.06. The number of amides is 1. The minimum absolute atomic E-state index is 0.133. The van der Waals surface area contributed by atoms with Crippen LogP contribution in [0.25, 0.3) is 0 Å². The Morgan fingerprint density at radius 1 is 1.26 bits per heavy atom. The van der Waals surface area contributed by atoms with Crippen molar-refractivity contribution in [1.29, 1.82) is 0 Å². The first-order valence-electron chi connectivity index (χ1n) is 7.24. The third kappa shape index (κ3) is 3.12. The number of amidine groups is 1. The van der Waals surface area contributed by atoms with Crippen LogP contribution < -0.4 is 5.32 Å². The minimum atomic E-state index is -0.789. The number of aliphatic imine (C=N–C) groups is 1. The summed E-state index contributed by atoms with van der Waals surface area (Å²) in [5.74, 6) is -0.411. The molecule has 1 aliphatic rings. The number of pyridine rings is 1. The number of thioether (sulfide) groups is 1. The number of halogens is 1. The molecule has 2 aromatic rings. The maximum atomic E-state index is 13.0. The number of aromatic nitrogens is 1. The average Bonchev–Trinajstić information content (AvgIpc) is 2.84. The van der Waals surface area contributed by atoms with E-state index in [-0.39, 0.29) is 17.8 Å². The molecule has 1 saturated heterocycles. The van der Waals surface area contributed by atoms with Gasteiger partial charge in [0.05, 0.1) is 11.7 Å². The normalized spacial score (nSPS) is 23.8. The predicted octanol–water partition coefficient (Wildman–Crippen LogP) is 3.42. The smallest absolute Gasteiger partial charge is 0.248 e. The summed E-state index contributed by atoms with van der Waals surface area (Å²) in [6, 6.07) is 11.5. The van der Waals surface area contributed by atoms with E-state index in [1.54, 1.807) is 18.3 Å². The SMILES string of the molecule is CC(N=C1NC(=O)[C@@](C)(c2ccccn2)S1)c1ccc(F)cc1. The van der Waals surface area contributed by atoms with E-state index in [1.165, 1.54) is 23.9 Å². The lowest BCUT2D eigenvalue weighted by Crippen LogP contribution is -2.32. The van der Waals surface area contributed by atoms with E-state index in [2.05, 4.69) is 15.3 Å². The molecule has 0 saturated carbocycles. The van der Waals surface area contributed by atoms with E-state index in [9.17, 15) is 9.18 Å². The number of benzene rings is 1. The van der Waals surface area contributed by atoms with Crippen molar-refractivity contribution < 1.29 is 9.18 Å². The van der Waals surface area contributed by atoms with Gasteiger partial charge in [0.25, 0.3) is 0 Å². The van der Waals surface area contributed by atoms with Crippen molar-refractivity contribution in [3.63, 3.8) is 0 Å². The van der Waals surface area contributed by atoms with Crippen LogP contribution in [-0.4, -0.2) is 16.1 Å². The van der Waals surface area contributed by atoms with E-state index in [1.807, 2.05) is 32.0 Å². The summed E-state index contributed by atoms with van der Waals surface area (Å²) in [5.41, 5.74) is 1.59. The number of carbonyl (C=O) groups excluding carboxylic acids is 1. The van der Waals surface area contributed by atoms with Gasteiger partial charge in [-0.2, -0.15) is 0 Å². The van der Waals surface area contributed by atoms with Crippen LogP contribution in [0.1, 0.15) is 31.1 Å². The maximum Gasteiger partial charge on any atom is 0.248 e. The molecule has 1 unspecified atom stereocenters. The molecule has 4 nitrogen and oxygen atoms in total. The third-order valence-electron chi connectivity index (χ3n) is 3.77. The fourth-order valence-corrected chi connectivity index (χ4v) is 3.46. The topological polar surface area (TPSA) is 54.4 Å². The quantitative estimate of drug-likeness (QED) is 0.939. The average molecular weight is 329 g/mol. The van der Waals surface area contributed by atoms with Gasteiger partial charge in [-0.3, -0.25) is 14.8 Å². The highest BCUT2D eigenvalue weighted by Crippen LogP contribution is 2.40. The lowest BCUT2D eigenvalue weighted by atomic mass is 10.1. The molecular weight excluding hydrogens is 313 g/mol. The lowest BCUT2D eigenvalue weighted by Gasteiger charge is -2.17. The summed E-state index contributed by atoms with van der Waals surface area (Å²) < 4.78 is 12.2. The van der Waals surface area contributed by atoms with Gasteiger partial charge in [0.2, 0.25) is 5.91 Å². The van der Waals surface area contributed by atoms with Gasteiger partial charge in [-0.05, 0) is 43.7 Å². The number of hydrogen-bond donors (Lipinski definition) is 1. The molecule has 0 aliphatic carbocycles. The summed E-state index contributed by atoms with van der Waals surface area (Å²) in [6.07, 6.45) is 1.67. The Bertz CT molecular complexity index is 748. The minimum Gasteiger partial charge on any atom is -0.304 e. The Balaban J connectivity index is 1.83. The van der Waals surface area contributed by atoms with Crippen molar-refractivity contribution in [1.82, 2.24) is 10.3 Å². The summed E-state index contributed by atoms with van der Waals surface area (Å²) in [6.45, 7) is 3.74. The number of nitrogens with one attached hydrogen (secondary N) is 1. The van der Waals surface area contributed by atoms with Gasteiger partial charge < -0.3 is 5.32 Å². The summed E-state index contributed by atoms with van der Waals surface area (Å²) in [5, 5.41) is 3.37. The molecule has 3 rings (SSSR count). The van der Waals surface area contributed by atoms with Crippen LogP contribution in [-0.2, 0) is 9.54 Å². The Labute approximate surface area is 138 Å². The van der Waals surface area contributed by atoms with Crippen LogP contribution in [0.15, 0.2) is 53.7 Å². The molecular formula is C17H16FN3OS. The molecule has 1 amide bonds. The van der Waals surface area contributed by atoms with Crippen LogP contribution in [0.3, 0.4) is 0 Å². The van der Waals surface area contributed by atoms with E-state index in [4.69, 9.17) is 0 Å². The van der Waals surface area contributed by atoms with Crippen molar-refractivity contribution in [2.45, 2.75) is 24.6 Å². The van der Waals surface area contributed by atoms with Crippen LogP contribution in [0, 0.1) is 5.82 Å². The van der Waals surface area contributed by atoms with Crippen molar-refractivity contribution in [3.8, 4) is 0 Å². The van der Waals surface area contributed by atoms with Gasteiger partial charge in [-0.25, -0.2) is 4.39 Å². The molecule has 1 aromatic heterocycles. The standard InChI is InChI=1S/C17H16FN3OS/c1-11(12-6-8-13(18)9-7-12)20-16-21-15(22)17(2,23-16)14-5-3-4-10-19-14/h3-11H,1-2H3,(H,20,21,22)/t11?,17-/m1/s1. The summed E-state index contributed by atoms with van der Waals surface area (Å²) >= 11 is 1.35. The second-order valence-electron chi connectivity index (χ2n) is 5.47. The van der Waals surface area contributed by atoms with Crippen LogP contribution in [0.5, 0.6) is 0 Å². The largest absolute Gasteiger partial charge is 0.304 e. The highest BCUT2D eigenvalue weighted by atomic mass is 32.2. The van der Waals surface area contributed by atoms with Gasteiger partial charge in [0, 0.05) is 6.20 Å². The van der Waals surface area contributed by atoms with Crippen molar-refractivity contribution in [3.05, 3.63) is 65.7 Å². The molecule has 1 aliphatic heterocycles. The van der Waals surface area contributed by atoms with Crippen molar-refractivity contribution >= 4 is 22.8 Å². The zero-order chi connectivity index (χ0) is 16.4. The molecule has 23 heavy (non-hydrogen) atoms. The van der Waals surface area contributed by atoms with Crippen molar-refractivity contribution in [2.75, 3.05) is 0 Å². The molecule has 6 heteroatoms. The van der Waals surface area contributed by atoms with Crippen LogP contribution in [0.4, 0.5) is 4.39 Å². The first kappa shape index (κ1) is 15.7. The second kappa shape index (κ2) is 6.12. The predicted molar refractivity (Wildman–Crippen MR) is 89.6 cm³/mol. The maximum absolute atomic E-state index is 13.0. The van der Waals surface area contributed by atoms with Gasteiger partial charge in [0.1, 0.15) is 10.6 Å². The molecule has 0 spiro atoms. The number of carbonyl (C=O) groups is 1. The Morgan fingerprint density at radius 2 is 2.00 bits per heavy atom. The molecule has 1 aromatic carbocycles. The second-order valence-corrected chi connectivity index (χ2v) is 6.87. The summed E-state index contributed by atoms with van der Waals surface area (Å²) in [7, 11) is 0. The highest BCUT2D eigenvalue weighted by molar-refractivity contribution is 8.15. The lowest BCUT2D eigenvalue weighted by molar-refractivity contribution is -0.121. The van der Waals surface area contributed by atoms with E-state index >= 15 is 0 Å². The van der Waals surface area contributed by atoms with Crippen molar-refractivity contribution in [2.24, 2.45) is 4.99 Å². The number of rotatable bonds is 3. The molecule has 2 heterocycles. The van der Waals surface area contributed by atoms with E-state index in [0.717, 1.165) is 5.56 Å². The van der Waals surface area contributed by atoms with Gasteiger partial charge >= 0.3 is 0 Å². The number of hydrogen-bond acceptors (Lipinski definition) is 4. The monoisotopic (exact) mass is 329 g/mol. The van der Waals surface area contributed by atoms with E-state index < -0.39 is 4.75 Å². The molecule has 1 N–H and O–H groups in total. The van der Waals surface area contributed by atoms with Gasteiger partial charge in [-0.15, -0.1) is 0 Å². The van der Waals surface area contributed by atoms with Gasteiger partial charge in [0.15, 0.2) is 5.17 Å². The number of nitrogens with zero attached hydrogens (tertiary/aromatic N) is 2. The van der Waals surface area contributed by atoms with Gasteiger partial charge in [-0.1, -0.05) is 30.0 Å². The fourth-order valence-electron chi connectivity index (χ4n) is 2.35. The third-order valence-corrected chi connectivity index (χ3v) is 4.98. The Kier molecular flexibility index (Phi) is 4.17. The van der Waals surface area contributed by atoms with Crippen LogP contribution >= 0.6 is 11.8 Å². The Hall–Kier alpha value is -2.21. The zero-order valence-corrected chi connectivity index (χ0v) is 13.6.